The highest BCUT2D eigenvalue weighted by Crippen LogP contribution is 2.40. The van der Waals surface area contributed by atoms with Gasteiger partial charge in [-0.2, -0.15) is 0 Å². The van der Waals surface area contributed by atoms with Gasteiger partial charge in [-0.25, -0.2) is 0 Å². The average Bonchev–Trinajstić information content (AvgIpc) is 2.68. The molecule has 128 valence electrons. The number of carbonyl (C=O) groups is 2. The summed E-state index contributed by atoms with van der Waals surface area (Å²) < 4.78 is 5.41. The van der Waals surface area contributed by atoms with Crippen LogP contribution in [0.5, 0.6) is 11.5 Å². The summed E-state index contributed by atoms with van der Waals surface area (Å²) in [6.45, 7) is 0. The van der Waals surface area contributed by atoms with Gasteiger partial charge >= 0.3 is 0 Å². The van der Waals surface area contributed by atoms with Crippen molar-refractivity contribution < 1.29 is 19.4 Å². The first-order valence-electron chi connectivity index (χ1n) is 8.27. The molecule has 0 fully saturated rings. The zero-order valence-electron chi connectivity index (χ0n) is 14.2. The normalized spacial score (nSPS) is 12.5. The Balaban J connectivity index is 1.92. The summed E-state index contributed by atoms with van der Waals surface area (Å²) in [6.07, 6.45) is 0.395. The van der Waals surface area contributed by atoms with Crippen molar-refractivity contribution in [3.63, 3.8) is 0 Å². The van der Waals surface area contributed by atoms with Crippen LogP contribution in [0.1, 0.15) is 43.0 Å². The van der Waals surface area contributed by atoms with Gasteiger partial charge in [-0.15, -0.1) is 0 Å². The second kappa shape index (κ2) is 6.15. The first-order valence-corrected chi connectivity index (χ1v) is 8.27. The fraction of sp³-hybridized carbons (Fsp3) is 0.0909. The third-order valence-corrected chi connectivity index (χ3v) is 4.70. The van der Waals surface area contributed by atoms with E-state index in [0.29, 0.717) is 28.9 Å². The lowest BCUT2D eigenvalue weighted by Crippen LogP contribution is -2.21. The summed E-state index contributed by atoms with van der Waals surface area (Å²) in [4.78, 5) is 25.8. The van der Waals surface area contributed by atoms with E-state index in [1.54, 1.807) is 30.3 Å². The Morgan fingerprint density at radius 3 is 2.12 bits per heavy atom. The SMILES string of the molecule is COc1cc2c(c(O)c1Cc1ccccc1)C(=O)c1ccccc1C2=O. The molecule has 0 saturated carbocycles. The Hall–Kier alpha value is -3.40. The van der Waals surface area contributed by atoms with Gasteiger partial charge in [0.15, 0.2) is 11.6 Å². The van der Waals surface area contributed by atoms with Crippen molar-refractivity contribution in [1.29, 1.82) is 0 Å². The van der Waals surface area contributed by atoms with Gasteiger partial charge in [0.25, 0.3) is 0 Å². The van der Waals surface area contributed by atoms with E-state index in [4.69, 9.17) is 4.74 Å². The highest BCUT2D eigenvalue weighted by Gasteiger charge is 2.34. The summed E-state index contributed by atoms with van der Waals surface area (Å²) in [7, 11) is 1.48. The van der Waals surface area contributed by atoms with Crippen LogP contribution in [0.25, 0.3) is 0 Å². The molecule has 0 bridgehead atoms. The number of fused-ring (bicyclic) bond motifs is 2. The highest BCUT2D eigenvalue weighted by molar-refractivity contribution is 6.29. The summed E-state index contributed by atoms with van der Waals surface area (Å²) in [5, 5.41) is 10.9. The van der Waals surface area contributed by atoms with E-state index in [0.717, 1.165) is 5.56 Å². The van der Waals surface area contributed by atoms with Gasteiger partial charge in [-0.05, 0) is 11.6 Å². The third-order valence-electron chi connectivity index (χ3n) is 4.70. The molecule has 0 aromatic heterocycles. The number of hydrogen-bond donors (Lipinski definition) is 1. The minimum absolute atomic E-state index is 0.0560. The fourth-order valence-electron chi connectivity index (χ4n) is 3.41. The number of rotatable bonds is 3. The molecule has 4 rings (SSSR count). The van der Waals surface area contributed by atoms with Crippen molar-refractivity contribution in [2.24, 2.45) is 0 Å². The minimum Gasteiger partial charge on any atom is -0.507 e. The molecule has 4 nitrogen and oxygen atoms in total. The molecule has 4 heteroatoms. The van der Waals surface area contributed by atoms with Gasteiger partial charge in [0.1, 0.15) is 11.5 Å². The van der Waals surface area contributed by atoms with Crippen LogP contribution in [-0.4, -0.2) is 23.8 Å². The van der Waals surface area contributed by atoms with Crippen LogP contribution < -0.4 is 4.74 Å². The van der Waals surface area contributed by atoms with E-state index >= 15 is 0 Å². The van der Waals surface area contributed by atoms with Crippen molar-refractivity contribution in [1.82, 2.24) is 0 Å². The van der Waals surface area contributed by atoms with Gasteiger partial charge in [-0.1, -0.05) is 54.6 Å². The average molecular weight is 344 g/mol. The van der Waals surface area contributed by atoms with Crippen LogP contribution >= 0.6 is 0 Å². The smallest absolute Gasteiger partial charge is 0.198 e. The molecule has 0 radical (unpaired) electrons. The minimum atomic E-state index is -0.343. The molecule has 0 unspecified atom stereocenters. The molecule has 0 saturated heterocycles. The molecule has 1 N–H and O–H groups in total. The molecule has 1 aliphatic carbocycles. The second-order valence-corrected chi connectivity index (χ2v) is 6.19. The number of aromatic hydroxyl groups is 1. The zero-order valence-corrected chi connectivity index (χ0v) is 14.2. The Morgan fingerprint density at radius 1 is 0.846 bits per heavy atom. The van der Waals surface area contributed by atoms with Gasteiger partial charge in [0.05, 0.1) is 12.7 Å². The monoisotopic (exact) mass is 344 g/mol. The molecule has 3 aromatic rings. The molecule has 3 aromatic carbocycles. The lowest BCUT2D eigenvalue weighted by atomic mass is 9.82. The van der Waals surface area contributed by atoms with Crippen LogP contribution in [0, 0.1) is 0 Å². The Morgan fingerprint density at radius 2 is 1.46 bits per heavy atom. The molecule has 0 spiro atoms. The molecule has 1 aliphatic rings. The van der Waals surface area contributed by atoms with Crippen LogP contribution in [0.2, 0.25) is 0 Å². The first kappa shape index (κ1) is 16.1. The van der Waals surface area contributed by atoms with Crippen molar-refractivity contribution in [3.8, 4) is 11.5 Å². The Kier molecular flexibility index (Phi) is 3.81. The van der Waals surface area contributed by atoms with E-state index in [-0.39, 0.29) is 28.4 Å². The number of benzene rings is 3. The summed E-state index contributed by atoms with van der Waals surface area (Å²) in [6, 6.07) is 17.8. The topological polar surface area (TPSA) is 63.6 Å². The van der Waals surface area contributed by atoms with Crippen LogP contribution in [0.3, 0.4) is 0 Å². The number of phenols is 1. The zero-order chi connectivity index (χ0) is 18.3. The summed E-state index contributed by atoms with van der Waals surface area (Å²) >= 11 is 0. The molecule has 0 amide bonds. The van der Waals surface area contributed by atoms with E-state index < -0.39 is 0 Å². The van der Waals surface area contributed by atoms with Crippen LogP contribution in [-0.2, 0) is 6.42 Å². The van der Waals surface area contributed by atoms with Gasteiger partial charge in [0, 0.05) is 28.7 Å². The molecular formula is C22H16O4. The second-order valence-electron chi connectivity index (χ2n) is 6.19. The first-order chi connectivity index (χ1) is 12.6. The van der Waals surface area contributed by atoms with E-state index in [9.17, 15) is 14.7 Å². The standard InChI is InChI=1S/C22H16O4/c1-26-18-12-17-19(21(24)15-10-6-5-9-14(15)20(17)23)22(25)16(18)11-13-7-3-2-4-8-13/h2-10,12,25H,11H2,1H3. The lowest BCUT2D eigenvalue weighted by molar-refractivity contribution is 0.0976. The van der Waals surface area contributed by atoms with E-state index in [2.05, 4.69) is 0 Å². The Bertz CT molecular complexity index is 1040. The number of methoxy groups -OCH3 is 1. The van der Waals surface area contributed by atoms with E-state index in [1.165, 1.54) is 7.11 Å². The number of carbonyl (C=O) groups excluding carboxylic acids is 2. The summed E-state index contributed by atoms with van der Waals surface area (Å²) in [5.41, 5.74) is 2.37. The van der Waals surface area contributed by atoms with Crippen molar-refractivity contribution in [2.45, 2.75) is 6.42 Å². The number of ketones is 2. The number of hydrogen-bond acceptors (Lipinski definition) is 4. The molecule has 0 heterocycles. The van der Waals surface area contributed by atoms with E-state index in [1.807, 2.05) is 30.3 Å². The predicted octanol–water partition coefficient (Wildman–Crippen LogP) is 3.77. The lowest BCUT2D eigenvalue weighted by Gasteiger charge is -2.21. The molecule has 0 aliphatic heterocycles. The maximum Gasteiger partial charge on any atom is 0.198 e. The largest absolute Gasteiger partial charge is 0.507 e. The molecular weight excluding hydrogens is 328 g/mol. The molecule has 0 atom stereocenters. The third kappa shape index (κ3) is 2.39. The fourth-order valence-corrected chi connectivity index (χ4v) is 3.41. The summed E-state index contributed by atoms with van der Waals surface area (Å²) in [5.74, 6) is -0.415. The predicted molar refractivity (Wildman–Crippen MR) is 97.2 cm³/mol. The maximum atomic E-state index is 12.9. The van der Waals surface area contributed by atoms with Crippen molar-refractivity contribution in [2.75, 3.05) is 7.11 Å². The highest BCUT2D eigenvalue weighted by atomic mass is 16.5. The van der Waals surface area contributed by atoms with Gasteiger partial charge in [0.2, 0.25) is 0 Å². The Labute approximate surface area is 150 Å². The van der Waals surface area contributed by atoms with Crippen LogP contribution in [0.15, 0.2) is 60.7 Å². The van der Waals surface area contributed by atoms with Crippen LogP contribution in [0.4, 0.5) is 0 Å². The van der Waals surface area contributed by atoms with Gasteiger partial charge in [-0.3, -0.25) is 9.59 Å². The van der Waals surface area contributed by atoms with Crippen molar-refractivity contribution in [3.05, 3.63) is 94.0 Å². The molecule has 26 heavy (non-hydrogen) atoms. The maximum absolute atomic E-state index is 12.9. The number of ether oxygens (including phenoxy) is 1. The van der Waals surface area contributed by atoms with Crippen molar-refractivity contribution >= 4 is 11.6 Å². The quantitative estimate of drug-likeness (QED) is 0.614. The number of phenolic OH excluding ortho intramolecular Hbond substituents is 1. The van der Waals surface area contributed by atoms with Gasteiger partial charge < -0.3 is 9.84 Å².